The lowest BCUT2D eigenvalue weighted by Crippen LogP contribution is -2.29. The van der Waals surface area contributed by atoms with Gasteiger partial charge in [0.2, 0.25) is 0 Å². The molecule has 2 heterocycles. The average Bonchev–Trinajstić information content (AvgIpc) is 3.24. The predicted octanol–water partition coefficient (Wildman–Crippen LogP) is 3.74. The first-order chi connectivity index (χ1) is 13.5. The first-order valence-electron chi connectivity index (χ1n) is 8.54. The molecule has 4 aromatic rings. The van der Waals surface area contributed by atoms with E-state index >= 15 is 0 Å². The molecular weight excluding hydrogens is 380 g/mol. The van der Waals surface area contributed by atoms with Crippen LogP contribution >= 0.6 is 11.6 Å². The van der Waals surface area contributed by atoms with Crippen LogP contribution < -0.4 is 11.1 Å². The maximum atomic E-state index is 11.3. The molecule has 0 bridgehead atoms. The molecule has 0 aliphatic carbocycles. The summed E-state index contributed by atoms with van der Waals surface area (Å²) in [5, 5.41) is 19.7. The Morgan fingerprint density at radius 2 is 2.04 bits per heavy atom. The van der Waals surface area contributed by atoms with E-state index in [1.54, 1.807) is 0 Å². The van der Waals surface area contributed by atoms with E-state index in [1.807, 2.05) is 48.5 Å². The zero-order chi connectivity index (χ0) is 19.7. The van der Waals surface area contributed by atoms with Crippen LogP contribution in [-0.2, 0) is 6.42 Å². The molecule has 0 spiro atoms. The Morgan fingerprint density at radius 1 is 1.25 bits per heavy atom. The molecular formula is C19H17ClN6O2. The Balaban J connectivity index is 1.69. The highest BCUT2D eigenvalue weighted by Gasteiger charge is 2.21. The van der Waals surface area contributed by atoms with Gasteiger partial charge in [0.05, 0.1) is 11.6 Å². The number of benzene rings is 2. The quantitative estimate of drug-likeness (QED) is 0.350. The van der Waals surface area contributed by atoms with Gasteiger partial charge in [0.1, 0.15) is 16.7 Å². The fourth-order valence-corrected chi connectivity index (χ4v) is 3.38. The largest absolute Gasteiger partial charge is 0.465 e. The number of nitrogens with one attached hydrogen (secondary N) is 3. The fourth-order valence-electron chi connectivity index (χ4n) is 3.13. The molecule has 0 radical (unpaired) electrons. The van der Waals surface area contributed by atoms with Crippen LogP contribution in [-0.4, -0.2) is 31.4 Å². The summed E-state index contributed by atoms with van der Waals surface area (Å²) >= 11 is 6.38. The number of fused-ring (bicyclic) bond motifs is 1. The van der Waals surface area contributed by atoms with Gasteiger partial charge in [-0.3, -0.25) is 5.10 Å². The third kappa shape index (κ3) is 3.49. The number of hydrogen-bond donors (Lipinski definition) is 5. The van der Waals surface area contributed by atoms with Crippen molar-refractivity contribution in [2.45, 2.75) is 12.5 Å². The number of anilines is 1. The molecule has 1 atom stereocenters. The smallest absolute Gasteiger partial charge is 0.405 e. The summed E-state index contributed by atoms with van der Waals surface area (Å²) in [6.07, 6.45) is -0.698. The van der Waals surface area contributed by atoms with Crippen LogP contribution in [0.2, 0.25) is 5.15 Å². The van der Waals surface area contributed by atoms with E-state index in [4.69, 9.17) is 17.3 Å². The van der Waals surface area contributed by atoms with Crippen molar-refractivity contribution in [3.05, 3.63) is 65.1 Å². The van der Waals surface area contributed by atoms with E-state index in [0.29, 0.717) is 28.9 Å². The summed E-state index contributed by atoms with van der Waals surface area (Å²) in [4.78, 5) is 18.8. The van der Waals surface area contributed by atoms with Gasteiger partial charge < -0.3 is 21.1 Å². The summed E-state index contributed by atoms with van der Waals surface area (Å²) in [6, 6.07) is 14.5. The molecule has 1 amide bonds. The molecule has 4 rings (SSSR count). The van der Waals surface area contributed by atoms with Gasteiger partial charge in [-0.25, -0.2) is 9.78 Å². The first-order valence-corrected chi connectivity index (χ1v) is 8.92. The van der Waals surface area contributed by atoms with E-state index in [9.17, 15) is 9.90 Å². The predicted molar refractivity (Wildman–Crippen MR) is 107 cm³/mol. The molecule has 0 aliphatic heterocycles. The van der Waals surface area contributed by atoms with Crippen molar-refractivity contribution in [3.8, 4) is 11.3 Å². The van der Waals surface area contributed by atoms with Crippen LogP contribution in [0.15, 0.2) is 48.5 Å². The van der Waals surface area contributed by atoms with E-state index in [2.05, 4.69) is 25.5 Å². The molecule has 2 aromatic carbocycles. The number of amides is 1. The molecule has 0 unspecified atom stereocenters. The second kappa shape index (κ2) is 7.24. The van der Waals surface area contributed by atoms with Crippen LogP contribution in [0.4, 0.5) is 10.6 Å². The second-order valence-corrected chi connectivity index (χ2v) is 6.72. The zero-order valence-electron chi connectivity index (χ0n) is 14.6. The molecule has 0 fully saturated rings. The molecule has 0 saturated heterocycles. The molecule has 2 aromatic heterocycles. The first kappa shape index (κ1) is 17.9. The third-order valence-electron chi connectivity index (χ3n) is 4.45. The standard InChI is InChI=1S/C19H17ClN6O2/c20-16-15(11-6-7-12-13(9-11)25-26-17(12)21)23-18(24-16)14(22-19(27)28)8-10-4-2-1-3-5-10/h1-7,9,14,22H,8H2,(H,23,24)(H,27,28)(H3,21,25,26)/t14-/m0/s1. The number of aromatic nitrogens is 4. The molecule has 28 heavy (non-hydrogen) atoms. The number of carbonyl (C=O) groups is 1. The molecule has 9 heteroatoms. The van der Waals surface area contributed by atoms with E-state index < -0.39 is 12.1 Å². The molecule has 0 saturated carbocycles. The van der Waals surface area contributed by atoms with Crippen LogP contribution in [0.25, 0.3) is 22.2 Å². The third-order valence-corrected chi connectivity index (χ3v) is 4.73. The maximum absolute atomic E-state index is 11.3. The highest BCUT2D eigenvalue weighted by molar-refractivity contribution is 6.32. The Labute approximate surface area is 164 Å². The van der Waals surface area contributed by atoms with Crippen LogP contribution in [0, 0.1) is 0 Å². The topological polar surface area (TPSA) is 133 Å². The number of imidazole rings is 1. The number of rotatable bonds is 5. The van der Waals surface area contributed by atoms with Crippen molar-refractivity contribution in [2.24, 2.45) is 0 Å². The number of carboxylic acid groups (broad SMARTS) is 1. The van der Waals surface area contributed by atoms with Crippen molar-refractivity contribution < 1.29 is 9.90 Å². The maximum Gasteiger partial charge on any atom is 0.405 e. The summed E-state index contributed by atoms with van der Waals surface area (Å²) in [7, 11) is 0. The van der Waals surface area contributed by atoms with E-state index in [1.165, 1.54) is 0 Å². The lowest BCUT2D eigenvalue weighted by Gasteiger charge is -2.14. The second-order valence-electron chi connectivity index (χ2n) is 6.35. The molecule has 6 N–H and O–H groups in total. The Morgan fingerprint density at radius 3 is 2.79 bits per heavy atom. The summed E-state index contributed by atoms with van der Waals surface area (Å²) < 4.78 is 0. The van der Waals surface area contributed by atoms with Gasteiger partial charge >= 0.3 is 6.09 Å². The van der Waals surface area contributed by atoms with Crippen molar-refractivity contribution in [3.63, 3.8) is 0 Å². The van der Waals surface area contributed by atoms with E-state index in [-0.39, 0.29) is 0 Å². The lowest BCUT2D eigenvalue weighted by molar-refractivity contribution is 0.189. The normalized spacial score (nSPS) is 12.2. The minimum atomic E-state index is -1.13. The summed E-state index contributed by atoms with van der Waals surface area (Å²) in [5.41, 5.74) is 8.83. The Hall–Kier alpha value is -3.52. The molecule has 8 nitrogen and oxygen atoms in total. The molecule has 0 aliphatic rings. The number of H-pyrrole nitrogens is 2. The number of halogens is 1. The van der Waals surface area contributed by atoms with Gasteiger partial charge in [-0.15, -0.1) is 0 Å². The minimum Gasteiger partial charge on any atom is -0.465 e. The SMILES string of the molecule is Nc1n[nH]c2cc(-c3nc([C@H](Cc4ccccc4)NC(=O)O)[nH]c3Cl)ccc12. The number of nitrogens with two attached hydrogens (primary N) is 1. The van der Waals surface area contributed by atoms with E-state index in [0.717, 1.165) is 22.0 Å². The van der Waals surface area contributed by atoms with Gasteiger partial charge in [0, 0.05) is 17.4 Å². The van der Waals surface area contributed by atoms with Gasteiger partial charge in [0.15, 0.2) is 5.82 Å². The number of hydrogen-bond acceptors (Lipinski definition) is 4. The number of aromatic amines is 2. The van der Waals surface area contributed by atoms with Gasteiger partial charge in [-0.1, -0.05) is 48.0 Å². The van der Waals surface area contributed by atoms with Gasteiger partial charge in [-0.2, -0.15) is 5.10 Å². The average molecular weight is 397 g/mol. The van der Waals surface area contributed by atoms with Crippen molar-refractivity contribution in [1.29, 1.82) is 0 Å². The lowest BCUT2D eigenvalue weighted by atomic mass is 10.1. The van der Waals surface area contributed by atoms with Gasteiger partial charge in [0.25, 0.3) is 0 Å². The number of nitrogens with zero attached hydrogens (tertiary/aromatic N) is 2. The highest BCUT2D eigenvalue weighted by Crippen LogP contribution is 2.31. The van der Waals surface area contributed by atoms with Gasteiger partial charge in [-0.05, 0) is 17.7 Å². The Kier molecular flexibility index (Phi) is 4.62. The van der Waals surface area contributed by atoms with Crippen molar-refractivity contribution in [2.75, 3.05) is 5.73 Å². The molecule has 142 valence electrons. The number of nitrogen functional groups attached to an aromatic ring is 1. The minimum absolute atomic E-state index is 0.326. The summed E-state index contributed by atoms with van der Waals surface area (Å²) in [5.74, 6) is 0.861. The van der Waals surface area contributed by atoms with Crippen LogP contribution in [0.3, 0.4) is 0 Å². The fraction of sp³-hybridized carbons (Fsp3) is 0.105. The van der Waals surface area contributed by atoms with Crippen molar-refractivity contribution in [1.82, 2.24) is 25.5 Å². The van der Waals surface area contributed by atoms with Crippen molar-refractivity contribution >= 4 is 34.4 Å². The highest BCUT2D eigenvalue weighted by atomic mass is 35.5. The zero-order valence-corrected chi connectivity index (χ0v) is 15.4. The van der Waals surface area contributed by atoms with Crippen LogP contribution in [0.1, 0.15) is 17.4 Å². The monoisotopic (exact) mass is 396 g/mol. The summed E-state index contributed by atoms with van der Waals surface area (Å²) in [6.45, 7) is 0. The Bertz CT molecular complexity index is 1140. The van der Waals surface area contributed by atoms with Crippen LogP contribution in [0.5, 0.6) is 0 Å².